The number of carbonyl (C=O) groups excluding carboxylic acids is 3. The molecular formula is C19H23N3O3S. The number of amides is 2. The first-order valence-electron chi connectivity index (χ1n) is 8.97. The van der Waals surface area contributed by atoms with E-state index < -0.39 is 5.25 Å². The lowest BCUT2D eigenvalue weighted by Crippen LogP contribution is -2.28. The number of rotatable bonds is 5. The minimum absolute atomic E-state index is 0.0216. The second-order valence-electron chi connectivity index (χ2n) is 6.71. The highest BCUT2D eigenvalue weighted by Crippen LogP contribution is 2.26. The third-order valence-corrected chi connectivity index (χ3v) is 5.69. The van der Waals surface area contributed by atoms with Gasteiger partial charge in [-0.1, -0.05) is 31.0 Å². The SMILES string of the molecule is CC(=O)c1ccc(NC(=O)CC2SC(=NC3CCCCC3)NC2=O)cc1. The van der Waals surface area contributed by atoms with Gasteiger partial charge in [-0.25, -0.2) is 0 Å². The first-order chi connectivity index (χ1) is 12.5. The fourth-order valence-corrected chi connectivity index (χ4v) is 4.18. The van der Waals surface area contributed by atoms with Crippen LogP contribution in [0.3, 0.4) is 0 Å². The number of hydrogen-bond acceptors (Lipinski definition) is 5. The predicted octanol–water partition coefficient (Wildman–Crippen LogP) is 3.14. The van der Waals surface area contributed by atoms with Gasteiger partial charge in [0, 0.05) is 17.7 Å². The Kier molecular flexibility index (Phi) is 6.08. The number of nitrogens with one attached hydrogen (secondary N) is 2. The van der Waals surface area contributed by atoms with Gasteiger partial charge in [-0.2, -0.15) is 0 Å². The van der Waals surface area contributed by atoms with Crippen LogP contribution in [0.25, 0.3) is 0 Å². The third-order valence-electron chi connectivity index (χ3n) is 4.60. The van der Waals surface area contributed by atoms with Crippen LogP contribution in [0.15, 0.2) is 29.3 Å². The fourth-order valence-electron chi connectivity index (χ4n) is 3.15. The molecule has 2 N–H and O–H groups in total. The quantitative estimate of drug-likeness (QED) is 0.776. The van der Waals surface area contributed by atoms with Crippen LogP contribution in [0, 0.1) is 0 Å². The van der Waals surface area contributed by atoms with E-state index in [1.807, 2.05) is 0 Å². The largest absolute Gasteiger partial charge is 0.326 e. The number of thioether (sulfide) groups is 1. The second-order valence-corrected chi connectivity index (χ2v) is 7.90. The maximum atomic E-state index is 12.2. The van der Waals surface area contributed by atoms with Gasteiger partial charge in [0.1, 0.15) is 5.25 Å². The molecule has 0 bridgehead atoms. The number of aliphatic imine (C=N–C) groups is 1. The summed E-state index contributed by atoms with van der Waals surface area (Å²) < 4.78 is 0. The third kappa shape index (κ3) is 4.94. The molecule has 1 saturated heterocycles. The number of amidine groups is 1. The summed E-state index contributed by atoms with van der Waals surface area (Å²) in [5, 5.41) is 5.76. The van der Waals surface area contributed by atoms with E-state index in [2.05, 4.69) is 15.6 Å². The van der Waals surface area contributed by atoms with Crippen molar-refractivity contribution in [3.05, 3.63) is 29.8 Å². The van der Waals surface area contributed by atoms with Crippen molar-refractivity contribution in [2.45, 2.75) is 56.7 Å². The van der Waals surface area contributed by atoms with Gasteiger partial charge in [-0.15, -0.1) is 0 Å². The molecule has 0 aromatic heterocycles. The average Bonchev–Trinajstić information content (AvgIpc) is 2.95. The molecule has 7 heteroatoms. The lowest BCUT2D eigenvalue weighted by molar-refractivity contribution is -0.122. The predicted molar refractivity (Wildman–Crippen MR) is 104 cm³/mol. The smallest absolute Gasteiger partial charge is 0.240 e. The molecule has 2 amide bonds. The molecule has 6 nitrogen and oxygen atoms in total. The minimum atomic E-state index is -0.450. The van der Waals surface area contributed by atoms with Crippen molar-refractivity contribution in [2.75, 3.05) is 5.32 Å². The Morgan fingerprint density at radius 2 is 1.88 bits per heavy atom. The number of benzene rings is 1. The molecule has 1 heterocycles. The number of hydrogen-bond donors (Lipinski definition) is 2. The van der Waals surface area contributed by atoms with Crippen LogP contribution < -0.4 is 10.6 Å². The Bertz CT molecular complexity index is 724. The van der Waals surface area contributed by atoms with Crippen molar-refractivity contribution < 1.29 is 14.4 Å². The summed E-state index contributed by atoms with van der Waals surface area (Å²) >= 11 is 1.34. The van der Waals surface area contributed by atoms with Crippen molar-refractivity contribution in [2.24, 2.45) is 4.99 Å². The molecule has 1 aromatic carbocycles. The van der Waals surface area contributed by atoms with Crippen LogP contribution in [-0.2, 0) is 9.59 Å². The highest BCUT2D eigenvalue weighted by atomic mass is 32.2. The maximum absolute atomic E-state index is 12.2. The van der Waals surface area contributed by atoms with Crippen LogP contribution in [0.4, 0.5) is 5.69 Å². The highest BCUT2D eigenvalue weighted by molar-refractivity contribution is 8.15. The molecule has 1 aromatic rings. The molecule has 1 aliphatic carbocycles. The lowest BCUT2D eigenvalue weighted by atomic mass is 9.96. The molecule has 0 spiro atoms. The van der Waals surface area contributed by atoms with Crippen LogP contribution in [-0.4, -0.2) is 34.1 Å². The van der Waals surface area contributed by atoms with Crippen molar-refractivity contribution in [3.8, 4) is 0 Å². The van der Waals surface area contributed by atoms with E-state index >= 15 is 0 Å². The standard InChI is InChI=1S/C19H23N3O3S/c1-12(23)13-7-9-15(10-8-13)20-17(24)11-16-18(25)22-19(26-16)21-14-5-3-2-4-6-14/h7-10,14,16H,2-6,11H2,1H3,(H,20,24)(H,21,22,25). The zero-order valence-electron chi connectivity index (χ0n) is 14.8. The van der Waals surface area contributed by atoms with Gasteiger partial charge in [-0.3, -0.25) is 19.4 Å². The fraction of sp³-hybridized carbons (Fsp3) is 0.474. The van der Waals surface area contributed by atoms with Crippen molar-refractivity contribution in [1.82, 2.24) is 5.32 Å². The topological polar surface area (TPSA) is 87.6 Å². The summed E-state index contributed by atoms with van der Waals surface area (Å²) in [6, 6.07) is 7.01. The molecule has 2 aliphatic rings. The zero-order valence-corrected chi connectivity index (χ0v) is 15.6. The van der Waals surface area contributed by atoms with Gasteiger partial charge in [0.25, 0.3) is 0 Å². The number of ketones is 1. The second kappa shape index (κ2) is 8.49. The van der Waals surface area contributed by atoms with Crippen LogP contribution in [0.2, 0.25) is 0 Å². The van der Waals surface area contributed by atoms with Crippen LogP contribution >= 0.6 is 11.8 Å². The van der Waals surface area contributed by atoms with Gasteiger partial charge >= 0.3 is 0 Å². The van der Waals surface area contributed by atoms with E-state index in [0.29, 0.717) is 22.5 Å². The first kappa shape index (κ1) is 18.6. The van der Waals surface area contributed by atoms with Crippen molar-refractivity contribution >= 4 is 40.2 Å². The minimum Gasteiger partial charge on any atom is -0.326 e. The molecule has 1 unspecified atom stereocenters. The molecule has 138 valence electrons. The van der Waals surface area contributed by atoms with Gasteiger partial charge in [0.2, 0.25) is 11.8 Å². The molecule has 0 radical (unpaired) electrons. The number of nitrogens with zero attached hydrogens (tertiary/aromatic N) is 1. The van der Waals surface area contributed by atoms with E-state index in [9.17, 15) is 14.4 Å². The van der Waals surface area contributed by atoms with Crippen LogP contribution in [0.5, 0.6) is 0 Å². The Morgan fingerprint density at radius 1 is 1.19 bits per heavy atom. The van der Waals surface area contributed by atoms with E-state index in [0.717, 1.165) is 12.8 Å². The van der Waals surface area contributed by atoms with Crippen molar-refractivity contribution in [3.63, 3.8) is 0 Å². The van der Waals surface area contributed by atoms with Crippen LogP contribution in [0.1, 0.15) is 55.8 Å². The Labute approximate surface area is 157 Å². The normalized spacial score (nSPS) is 22.3. The summed E-state index contributed by atoms with van der Waals surface area (Å²) in [7, 11) is 0. The Morgan fingerprint density at radius 3 is 2.54 bits per heavy atom. The van der Waals surface area contributed by atoms with Gasteiger partial charge in [0.05, 0.1) is 6.04 Å². The summed E-state index contributed by atoms with van der Waals surface area (Å²) in [6.07, 6.45) is 5.87. The molecule has 1 saturated carbocycles. The Hall–Kier alpha value is -2.15. The monoisotopic (exact) mass is 373 g/mol. The summed E-state index contributed by atoms with van der Waals surface area (Å²) in [5.41, 5.74) is 1.21. The average molecular weight is 373 g/mol. The van der Waals surface area contributed by atoms with Gasteiger partial charge in [0.15, 0.2) is 11.0 Å². The molecule has 26 heavy (non-hydrogen) atoms. The first-order valence-corrected chi connectivity index (χ1v) is 9.85. The van der Waals surface area contributed by atoms with E-state index in [1.54, 1.807) is 24.3 Å². The van der Waals surface area contributed by atoms with E-state index in [1.165, 1.54) is 37.9 Å². The molecule has 2 fully saturated rings. The van der Waals surface area contributed by atoms with Gasteiger partial charge in [-0.05, 0) is 44.0 Å². The van der Waals surface area contributed by atoms with Crippen molar-refractivity contribution in [1.29, 1.82) is 0 Å². The summed E-state index contributed by atoms with van der Waals surface area (Å²) in [6.45, 7) is 1.50. The molecule has 1 atom stereocenters. The number of anilines is 1. The van der Waals surface area contributed by atoms with E-state index in [-0.39, 0.29) is 24.0 Å². The molecule has 1 aliphatic heterocycles. The Balaban J connectivity index is 1.53. The lowest BCUT2D eigenvalue weighted by Gasteiger charge is -2.17. The summed E-state index contributed by atoms with van der Waals surface area (Å²) in [5.74, 6) is -0.412. The van der Waals surface area contributed by atoms with E-state index in [4.69, 9.17) is 0 Å². The number of Topliss-reactive ketones (excluding diaryl/α,β-unsaturated/α-hetero) is 1. The molecular weight excluding hydrogens is 350 g/mol. The number of carbonyl (C=O) groups is 3. The van der Waals surface area contributed by atoms with Gasteiger partial charge < -0.3 is 10.6 Å². The highest BCUT2D eigenvalue weighted by Gasteiger charge is 2.32. The maximum Gasteiger partial charge on any atom is 0.240 e. The summed E-state index contributed by atoms with van der Waals surface area (Å²) in [4.78, 5) is 40.2. The molecule has 3 rings (SSSR count). The zero-order chi connectivity index (χ0) is 18.5.